The Bertz CT molecular complexity index is 281. The van der Waals surface area contributed by atoms with Gasteiger partial charge in [0, 0.05) is 18.8 Å². The Hall–Kier alpha value is -1.02. The van der Waals surface area contributed by atoms with Crippen molar-refractivity contribution in [2.45, 2.75) is 26.3 Å². The molecule has 14 heavy (non-hydrogen) atoms. The van der Waals surface area contributed by atoms with Crippen LogP contribution in [0.5, 0.6) is 0 Å². The number of nitrogens with one attached hydrogen (secondary N) is 1. The first-order chi connectivity index (χ1) is 6.63. The van der Waals surface area contributed by atoms with E-state index in [1.54, 1.807) is 0 Å². The first-order valence-corrected chi connectivity index (χ1v) is 5.16. The third-order valence-electron chi connectivity index (χ3n) is 2.33. The maximum absolute atomic E-state index is 6.09. The fourth-order valence-corrected chi connectivity index (χ4v) is 1.57. The van der Waals surface area contributed by atoms with E-state index in [-0.39, 0.29) is 6.04 Å². The fourth-order valence-electron chi connectivity index (χ4n) is 1.57. The maximum atomic E-state index is 6.09. The molecule has 2 heteroatoms. The molecule has 0 aromatic heterocycles. The lowest BCUT2D eigenvalue weighted by Gasteiger charge is -2.15. The van der Waals surface area contributed by atoms with Crippen LogP contribution in [0.3, 0.4) is 0 Å². The molecule has 0 aliphatic rings. The molecule has 0 aliphatic carbocycles. The average molecular weight is 192 g/mol. The largest absolute Gasteiger partial charge is 0.388 e. The summed E-state index contributed by atoms with van der Waals surface area (Å²) in [5, 5.41) is 3.12. The van der Waals surface area contributed by atoms with Crippen LogP contribution >= 0.6 is 0 Å². The molecule has 0 aliphatic heterocycles. The SMILES string of the molecule is CNc1cccc(C(N)CC(C)C)c1. The van der Waals surface area contributed by atoms with Gasteiger partial charge in [0.25, 0.3) is 0 Å². The summed E-state index contributed by atoms with van der Waals surface area (Å²) in [7, 11) is 1.92. The van der Waals surface area contributed by atoms with E-state index in [1.165, 1.54) is 5.56 Å². The molecule has 1 rings (SSSR count). The second kappa shape index (κ2) is 5.01. The molecular formula is C12H20N2. The Morgan fingerprint density at radius 3 is 2.64 bits per heavy atom. The molecule has 0 radical (unpaired) electrons. The summed E-state index contributed by atoms with van der Waals surface area (Å²) in [6, 6.07) is 8.46. The molecule has 1 unspecified atom stereocenters. The van der Waals surface area contributed by atoms with Crippen molar-refractivity contribution in [1.82, 2.24) is 0 Å². The quantitative estimate of drug-likeness (QED) is 0.769. The van der Waals surface area contributed by atoms with E-state index in [9.17, 15) is 0 Å². The number of nitrogens with two attached hydrogens (primary N) is 1. The number of hydrogen-bond donors (Lipinski definition) is 2. The van der Waals surface area contributed by atoms with Crippen molar-refractivity contribution in [3.8, 4) is 0 Å². The molecule has 1 aromatic rings. The summed E-state index contributed by atoms with van der Waals surface area (Å²) in [4.78, 5) is 0. The van der Waals surface area contributed by atoms with Crippen LogP contribution in [0.4, 0.5) is 5.69 Å². The van der Waals surface area contributed by atoms with Crippen LogP contribution in [0.2, 0.25) is 0 Å². The fraction of sp³-hybridized carbons (Fsp3) is 0.500. The molecule has 0 spiro atoms. The average Bonchev–Trinajstić information content (AvgIpc) is 2.17. The Kier molecular flexibility index (Phi) is 3.96. The van der Waals surface area contributed by atoms with Gasteiger partial charge in [0.15, 0.2) is 0 Å². The minimum Gasteiger partial charge on any atom is -0.388 e. The van der Waals surface area contributed by atoms with Crippen molar-refractivity contribution in [1.29, 1.82) is 0 Å². The lowest BCUT2D eigenvalue weighted by Crippen LogP contribution is -2.12. The van der Waals surface area contributed by atoms with Crippen LogP contribution in [0.15, 0.2) is 24.3 Å². The smallest absolute Gasteiger partial charge is 0.0340 e. The summed E-state index contributed by atoms with van der Waals surface area (Å²) in [5.74, 6) is 0.642. The molecule has 1 atom stereocenters. The highest BCUT2D eigenvalue weighted by Gasteiger charge is 2.08. The molecule has 0 saturated carbocycles. The zero-order valence-corrected chi connectivity index (χ0v) is 9.25. The normalized spacial score (nSPS) is 12.9. The monoisotopic (exact) mass is 192 g/mol. The van der Waals surface area contributed by atoms with Crippen molar-refractivity contribution in [2.75, 3.05) is 12.4 Å². The van der Waals surface area contributed by atoms with Gasteiger partial charge in [-0.05, 0) is 30.0 Å². The van der Waals surface area contributed by atoms with E-state index in [0.717, 1.165) is 12.1 Å². The second-order valence-corrected chi connectivity index (χ2v) is 4.11. The van der Waals surface area contributed by atoms with Gasteiger partial charge in [-0.15, -0.1) is 0 Å². The van der Waals surface area contributed by atoms with Crippen LogP contribution in [-0.4, -0.2) is 7.05 Å². The minimum absolute atomic E-state index is 0.156. The van der Waals surface area contributed by atoms with E-state index >= 15 is 0 Å². The highest BCUT2D eigenvalue weighted by Crippen LogP contribution is 2.21. The third-order valence-corrected chi connectivity index (χ3v) is 2.33. The Labute approximate surface area is 86.5 Å². The molecule has 78 valence electrons. The molecular weight excluding hydrogens is 172 g/mol. The van der Waals surface area contributed by atoms with Gasteiger partial charge in [-0.2, -0.15) is 0 Å². The maximum Gasteiger partial charge on any atom is 0.0340 e. The van der Waals surface area contributed by atoms with Crippen molar-refractivity contribution < 1.29 is 0 Å². The summed E-state index contributed by atoms with van der Waals surface area (Å²) in [6.07, 6.45) is 1.03. The highest BCUT2D eigenvalue weighted by atomic mass is 14.8. The molecule has 2 nitrogen and oxygen atoms in total. The topological polar surface area (TPSA) is 38.0 Å². The second-order valence-electron chi connectivity index (χ2n) is 4.11. The van der Waals surface area contributed by atoms with Gasteiger partial charge in [-0.3, -0.25) is 0 Å². The Balaban J connectivity index is 2.73. The van der Waals surface area contributed by atoms with Gasteiger partial charge >= 0.3 is 0 Å². The number of hydrogen-bond acceptors (Lipinski definition) is 2. The minimum atomic E-state index is 0.156. The molecule has 0 amide bonds. The van der Waals surface area contributed by atoms with E-state index in [1.807, 2.05) is 19.2 Å². The van der Waals surface area contributed by atoms with Gasteiger partial charge in [0.1, 0.15) is 0 Å². The lowest BCUT2D eigenvalue weighted by molar-refractivity contribution is 0.510. The van der Waals surface area contributed by atoms with E-state index in [2.05, 4.69) is 31.3 Å². The van der Waals surface area contributed by atoms with Crippen molar-refractivity contribution >= 4 is 5.69 Å². The van der Waals surface area contributed by atoms with Crippen LogP contribution < -0.4 is 11.1 Å². The summed E-state index contributed by atoms with van der Waals surface area (Å²) >= 11 is 0. The van der Waals surface area contributed by atoms with Crippen molar-refractivity contribution in [3.63, 3.8) is 0 Å². The van der Waals surface area contributed by atoms with Gasteiger partial charge in [0.2, 0.25) is 0 Å². The van der Waals surface area contributed by atoms with E-state index in [0.29, 0.717) is 5.92 Å². The number of anilines is 1. The first-order valence-electron chi connectivity index (χ1n) is 5.16. The predicted octanol–water partition coefficient (Wildman–Crippen LogP) is 2.77. The van der Waals surface area contributed by atoms with Crippen LogP contribution in [0.25, 0.3) is 0 Å². The standard InChI is InChI=1S/C12H20N2/c1-9(2)7-12(13)10-5-4-6-11(8-10)14-3/h4-6,8-9,12,14H,7,13H2,1-3H3. The molecule has 0 bridgehead atoms. The molecule has 1 aromatic carbocycles. The summed E-state index contributed by atoms with van der Waals surface area (Å²) in [5.41, 5.74) is 8.43. The van der Waals surface area contributed by atoms with Crippen LogP contribution in [-0.2, 0) is 0 Å². The molecule has 0 fully saturated rings. The van der Waals surface area contributed by atoms with Crippen molar-refractivity contribution in [3.05, 3.63) is 29.8 Å². The van der Waals surface area contributed by atoms with Gasteiger partial charge in [-0.25, -0.2) is 0 Å². The van der Waals surface area contributed by atoms with E-state index in [4.69, 9.17) is 5.73 Å². The molecule has 0 saturated heterocycles. The van der Waals surface area contributed by atoms with Crippen LogP contribution in [0, 0.1) is 5.92 Å². The van der Waals surface area contributed by atoms with Crippen LogP contribution in [0.1, 0.15) is 31.9 Å². The number of benzene rings is 1. The predicted molar refractivity (Wildman–Crippen MR) is 62.4 cm³/mol. The Morgan fingerprint density at radius 2 is 2.07 bits per heavy atom. The van der Waals surface area contributed by atoms with E-state index < -0.39 is 0 Å². The van der Waals surface area contributed by atoms with Gasteiger partial charge in [-0.1, -0.05) is 26.0 Å². The third kappa shape index (κ3) is 3.04. The lowest BCUT2D eigenvalue weighted by atomic mass is 9.97. The summed E-state index contributed by atoms with van der Waals surface area (Å²) in [6.45, 7) is 4.39. The van der Waals surface area contributed by atoms with Gasteiger partial charge < -0.3 is 11.1 Å². The molecule has 0 heterocycles. The molecule has 3 N–H and O–H groups in total. The zero-order valence-electron chi connectivity index (χ0n) is 9.25. The summed E-state index contributed by atoms with van der Waals surface area (Å²) < 4.78 is 0. The van der Waals surface area contributed by atoms with Gasteiger partial charge in [0.05, 0.1) is 0 Å². The Morgan fingerprint density at radius 1 is 1.36 bits per heavy atom. The highest BCUT2D eigenvalue weighted by molar-refractivity contribution is 5.45. The first kappa shape index (κ1) is 11.1. The zero-order chi connectivity index (χ0) is 10.6. The number of rotatable bonds is 4. The van der Waals surface area contributed by atoms with Crippen molar-refractivity contribution in [2.24, 2.45) is 11.7 Å².